The third-order valence-electron chi connectivity index (χ3n) is 5.58. The zero-order valence-electron chi connectivity index (χ0n) is 14.9. The fraction of sp³-hybridized carbons (Fsp3) is 0.500. The Hall–Kier alpha value is -1.49. The fourth-order valence-electron chi connectivity index (χ4n) is 4.33. The van der Waals surface area contributed by atoms with Gasteiger partial charge in [0.25, 0.3) is 0 Å². The summed E-state index contributed by atoms with van der Waals surface area (Å²) in [6.07, 6.45) is 5.29. The minimum atomic E-state index is -0.441. The van der Waals surface area contributed by atoms with Gasteiger partial charge < -0.3 is 5.32 Å². The van der Waals surface area contributed by atoms with E-state index in [4.69, 9.17) is 0 Å². The Morgan fingerprint density at radius 1 is 1.44 bits per heavy atom. The third-order valence-corrected chi connectivity index (χ3v) is 6.42. The molecular formula is C20H23BrFNO2. The Bertz CT molecular complexity index is 799. The lowest BCUT2D eigenvalue weighted by atomic mass is 9.69. The van der Waals surface area contributed by atoms with Crippen LogP contribution in [-0.2, 0) is 16.0 Å². The molecule has 0 spiro atoms. The molecule has 1 aromatic rings. The van der Waals surface area contributed by atoms with Crippen LogP contribution in [0.1, 0.15) is 62.6 Å². The summed E-state index contributed by atoms with van der Waals surface area (Å²) in [5.41, 5.74) is 3.80. The molecule has 0 heterocycles. The van der Waals surface area contributed by atoms with Gasteiger partial charge in [-0.2, -0.15) is 0 Å². The van der Waals surface area contributed by atoms with E-state index in [1.165, 1.54) is 13.0 Å². The van der Waals surface area contributed by atoms with Crippen LogP contribution in [-0.4, -0.2) is 11.7 Å². The summed E-state index contributed by atoms with van der Waals surface area (Å²) in [5, 5.41) is 2.62. The Kier molecular flexibility index (Phi) is 4.89. The van der Waals surface area contributed by atoms with Crippen LogP contribution >= 0.6 is 15.9 Å². The Labute approximate surface area is 156 Å². The molecule has 1 N–H and O–H groups in total. The van der Waals surface area contributed by atoms with Gasteiger partial charge in [-0.05, 0) is 70.4 Å². The van der Waals surface area contributed by atoms with Gasteiger partial charge >= 0.3 is 0 Å². The van der Waals surface area contributed by atoms with E-state index >= 15 is 0 Å². The van der Waals surface area contributed by atoms with Crippen molar-refractivity contribution in [3.63, 3.8) is 0 Å². The maximum absolute atomic E-state index is 14.7. The van der Waals surface area contributed by atoms with Gasteiger partial charge in [0, 0.05) is 18.8 Å². The highest BCUT2D eigenvalue weighted by molar-refractivity contribution is 9.12. The number of carbonyl (C=O) groups excluding carboxylic acids is 2. The predicted molar refractivity (Wildman–Crippen MR) is 101 cm³/mol. The van der Waals surface area contributed by atoms with Gasteiger partial charge in [-0.1, -0.05) is 19.8 Å². The Balaban J connectivity index is 2.20. The quantitative estimate of drug-likeness (QED) is 0.736. The molecule has 1 aromatic carbocycles. The maximum atomic E-state index is 14.7. The molecule has 3 rings (SSSR count). The van der Waals surface area contributed by atoms with Crippen molar-refractivity contribution in [2.45, 2.75) is 59.3 Å². The number of fused-ring (bicyclic) bond motifs is 3. The normalized spacial score (nSPS) is 22.0. The van der Waals surface area contributed by atoms with E-state index in [1.54, 1.807) is 0 Å². The van der Waals surface area contributed by atoms with E-state index in [9.17, 15) is 14.0 Å². The SMILES string of the molecule is CCCCC12CCC(=O)C(Br)=C1c1cc(F)c(NC(C)=O)c(C)c1C2. The first kappa shape index (κ1) is 18.3. The van der Waals surface area contributed by atoms with E-state index in [0.717, 1.165) is 54.4 Å². The minimum Gasteiger partial charge on any atom is -0.324 e. The van der Waals surface area contributed by atoms with Gasteiger partial charge in [0.15, 0.2) is 5.78 Å². The summed E-state index contributed by atoms with van der Waals surface area (Å²) in [5.74, 6) is -0.629. The number of nitrogens with one attached hydrogen (secondary N) is 1. The van der Waals surface area contributed by atoms with Crippen LogP contribution in [0.5, 0.6) is 0 Å². The standard InChI is InChI=1S/C20H23BrFNO2/c1-4-5-7-20-8-6-16(25)18(21)17(20)13-9-15(22)19(23-12(3)24)11(2)14(13)10-20/h9H,4-8,10H2,1-3H3,(H,23,24). The van der Waals surface area contributed by atoms with Crippen molar-refractivity contribution in [1.29, 1.82) is 0 Å². The van der Waals surface area contributed by atoms with E-state index in [2.05, 4.69) is 28.2 Å². The van der Waals surface area contributed by atoms with Crippen LogP contribution in [0.4, 0.5) is 10.1 Å². The predicted octanol–water partition coefficient (Wildman–Crippen LogP) is 5.29. The summed E-state index contributed by atoms with van der Waals surface area (Å²) < 4.78 is 15.3. The summed E-state index contributed by atoms with van der Waals surface area (Å²) in [4.78, 5) is 23.7. The van der Waals surface area contributed by atoms with Crippen LogP contribution in [0.3, 0.4) is 0 Å². The number of carbonyl (C=O) groups is 2. The van der Waals surface area contributed by atoms with Crippen molar-refractivity contribution in [2.24, 2.45) is 5.41 Å². The first-order valence-corrected chi connectivity index (χ1v) is 9.63. The molecule has 5 heteroatoms. The maximum Gasteiger partial charge on any atom is 0.221 e. The van der Waals surface area contributed by atoms with E-state index in [1.807, 2.05) is 6.92 Å². The average molecular weight is 408 g/mol. The molecule has 25 heavy (non-hydrogen) atoms. The zero-order valence-corrected chi connectivity index (χ0v) is 16.5. The first-order chi connectivity index (χ1) is 11.8. The zero-order chi connectivity index (χ0) is 18.4. The van der Waals surface area contributed by atoms with Gasteiger partial charge in [0.1, 0.15) is 5.82 Å². The monoisotopic (exact) mass is 407 g/mol. The summed E-state index contributed by atoms with van der Waals surface area (Å²) >= 11 is 3.50. The van der Waals surface area contributed by atoms with Gasteiger partial charge in [0.05, 0.1) is 10.2 Å². The van der Waals surface area contributed by atoms with Crippen LogP contribution in [0.25, 0.3) is 5.57 Å². The number of allylic oxidation sites excluding steroid dienone is 2. The molecule has 134 valence electrons. The number of amides is 1. The summed E-state index contributed by atoms with van der Waals surface area (Å²) in [6, 6.07) is 1.50. The van der Waals surface area contributed by atoms with Crippen molar-refractivity contribution < 1.29 is 14.0 Å². The number of ketones is 1. The summed E-state index contributed by atoms with van der Waals surface area (Å²) in [7, 11) is 0. The smallest absolute Gasteiger partial charge is 0.221 e. The van der Waals surface area contributed by atoms with Gasteiger partial charge in [-0.15, -0.1) is 0 Å². The molecule has 0 fully saturated rings. The van der Waals surface area contributed by atoms with Crippen LogP contribution < -0.4 is 5.32 Å². The molecule has 0 bridgehead atoms. The van der Waals surface area contributed by atoms with Crippen molar-refractivity contribution in [3.05, 3.63) is 33.1 Å². The topological polar surface area (TPSA) is 46.2 Å². The number of unbranched alkanes of at least 4 members (excludes halogenated alkanes) is 1. The summed E-state index contributed by atoms with van der Waals surface area (Å²) in [6.45, 7) is 5.39. The Morgan fingerprint density at radius 3 is 2.80 bits per heavy atom. The molecule has 0 aliphatic heterocycles. The van der Waals surface area contributed by atoms with Crippen LogP contribution in [0.2, 0.25) is 0 Å². The molecule has 1 atom stereocenters. The van der Waals surface area contributed by atoms with Crippen molar-refractivity contribution >= 4 is 38.9 Å². The number of rotatable bonds is 4. The number of anilines is 1. The van der Waals surface area contributed by atoms with Crippen LogP contribution in [0.15, 0.2) is 10.5 Å². The Morgan fingerprint density at radius 2 is 2.16 bits per heavy atom. The molecule has 0 saturated carbocycles. The second-order valence-electron chi connectivity index (χ2n) is 7.24. The molecule has 2 aliphatic carbocycles. The third kappa shape index (κ3) is 2.97. The number of hydrogen-bond acceptors (Lipinski definition) is 2. The molecule has 1 unspecified atom stereocenters. The average Bonchev–Trinajstić information content (AvgIpc) is 2.88. The largest absolute Gasteiger partial charge is 0.324 e. The van der Waals surface area contributed by atoms with Crippen molar-refractivity contribution in [1.82, 2.24) is 0 Å². The molecule has 0 radical (unpaired) electrons. The van der Waals surface area contributed by atoms with Crippen molar-refractivity contribution in [2.75, 3.05) is 5.32 Å². The molecular weight excluding hydrogens is 385 g/mol. The molecule has 0 saturated heterocycles. The minimum absolute atomic E-state index is 0.0963. The molecule has 2 aliphatic rings. The lowest BCUT2D eigenvalue weighted by Crippen LogP contribution is -2.27. The fourth-order valence-corrected chi connectivity index (χ4v) is 5.16. The molecule has 1 amide bonds. The molecule has 3 nitrogen and oxygen atoms in total. The second kappa shape index (κ2) is 6.67. The van der Waals surface area contributed by atoms with Gasteiger partial charge in [-0.25, -0.2) is 4.39 Å². The van der Waals surface area contributed by atoms with Crippen LogP contribution in [0, 0.1) is 18.2 Å². The lowest BCUT2D eigenvalue weighted by molar-refractivity contribution is -0.116. The number of Topliss-reactive ketones (excluding diaryl/α,β-unsaturated/α-hetero) is 1. The van der Waals surface area contributed by atoms with Gasteiger partial charge in [0.2, 0.25) is 5.91 Å². The van der Waals surface area contributed by atoms with E-state index < -0.39 is 5.82 Å². The number of hydrogen-bond donors (Lipinski definition) is 1. The number of halogens is 2. The number of benzene rings is 1. The molecule has 0 aromatic heterocycles. The highest BCUT2D eigenvalue weighted by Gasteiger charge is 2.47. The van der Waals surface area contributed by atoms with Gasteiger partial charge in [-0.3, -0.25) is 9.59 Å². The second-order valence-corrected chi connectivity index (χ2v) is 8.03. The van der Waals surface area contributed by atoms with E-state index in [-0.39, 0.29) is 22.8 Å². The van der Waals surface area contributed by atoms with Crippen molar-refractivity contribution in [3.8, 4) is 0 Å². The first-order valence-electron chi connectivity index (χ1n) is 8.84. The highest BCUT2D eigenvalue weighted by atomic mass is 79.9. The highest BCUT2D eigenvalue weighted by Crippen LogP contribution is 2.58. The van der Waals surface area contributed by atoms with E-state index in [0.29, 0.717) is 10.9 Å². The lowest BCUT2D eigenvalue weighted by Gasteiger charge is -2.35.